The number of urea groups is 1. The maximum Gasteiger partial charge on any atom is 0.319 e. The predicted octanol–water partition coefficient (Wildman–Crippen LogP) is 4.44. The monoisotopic (exact) mass is 348 g/mol. The fourth-order valence-electron chi connectivity index (χ4n) is 2.45. The van der Waals surface area contributed by atoms with E-state index in [0.717, 1.165) is 35.4 Å². The van der Waals surface area contributed by atoms with Crippen molar-refractivity contribution in [2.45, 2.75) is 46.6 Å². The van der Waals surface area contributed by atoms with E-state index in [1.807, 2.05) is 26.0 Å². The normalized spacial score (nSPS) is 10.7. The first-order valence-corrected chi connectivity index (χ1v) is 8.82. The van der Waals surface area contributed by atoms with E-state index in [-0.39, 0.29) is 12.1 Å². The molecule has 1 heterocycles. The highest BCUT2D eigenvalue weighted by molar-refractivity contribution is 7.17. The molecule has 0 atom stereocenters. The molecule has 0 radical (unpaired) electrons. The molecule has 1 aromatic carbocycles. The van der Waals surface area contributed by atoms with E-state index in [1.165, 1.54) is 11.3 Å². The highest BCUT2D eigenvalue weighted by Gasteiger charge is 2.12. The number of nitrogen functional groups attached to an aromatic ring is 1. The Balaban J connectivity index is 2.10. The number of nitrogens with two attached hydrogens (primary N) is 1. The molecule has 2 rings (SSSR count). The maximum atomic E-state index is 12.1. The SMILES string of the molecule is CCC(CC)NC(=O)Nc1cc(C)c(Oc2cnc(N)s2)c(C)c1. The van der Waals surface area contributed by atoms with Gasteiger partial charge in [0.15, 0.2) is 5.13 Å². The number of anilines is 2. The van der Waals surface area contributed by atoms with Gasteiger partial charge in [-0.3, -0.25) is 0 Å². The summed E-state index contributed by atoms with van der Waals surface area (Å²) in [5.74, 6) is 0.754. The largest absolute Gasteiger partial charge is 0.444 e. The number of amides is 2. The summed E-state index contributed by atoms with van der Waals surface area (Å²) in [4.78, 5) is 16.0. The lowest BCUT2D eigenvalue weighted by atomic mass is 10.1. The highest BCUT2D eigenvalue weighted by atomic mass is 32.1. The van der Waals surface area contributed by atoms with Gasteiger partial charge in [0.1, 0.15) is 5.75 Å². The number of carbonyl (C=O) groups is 1. The first-order valence-electron chi connectivity index (χ1n) is 8.00. The second-order valence-corrected chi connectivity index (χ2v) is 6.70. The van der Waals surface area contributed by atoms with Crippen LogP contribution in [0, 0.1) is 13.8 Å². The Bertz CT molecular complexity index is 687. The first kappa shape index (κ1) is 18.1. The third kappa shape index (κ3) is 4.61. The van der Waals surface area contributed by atoms with Crippen LogP contribution in [-0.2, 0) is 0 Å². The van der Waals surface area contributed by atoms with Crippen molar-refractivity contribution in [2.75, 3.05) is 11.1 Å². The van der Waals surface area contributed by atoms with Crippen molar-refractivity contribution >= 4 is 28.2 Å². The van der Waals surface area contributed by atoms with E-state index in [0.29, 0.717) is 10.2 Å². The van der Waals surface area contributed by atoms with Gasteiger partial charge in [-0.25, -0.2) is 9.78 Å². The number of benzene rings is 1. The van der Waals surface area contributed by atoms with Crippen LogP contribution >= 0.6 is 11.3 Å². The molecule has 130 valence electrons. The third-order valence-electron chi connectivity index (χ3n) is 3.74. The van der Waals surface area contributed by atoms with Gasteiger partial charge in [-0.15, -0.1) is 0 Å². The molecule has 0 aliphatic carbocycles. The molecule has 0 unspecified atom stereocenters. The van der Waals surface area contributed by atoms with Gasteiger partial charge >= 0.3 is 6.03 Å². The predicted molar refractivity (Wildman–Crippen MR) is 99.0 cm³/mol. The van der Waals surface area contributed by atoms with E-state index < -0.39 is 0 Å². The third-order valence-corrected chi connectivity index (χ3v) is 4.45. The molecule has 0 fully saturated rings. The number of rotatable bonds is 6. The molecule has 0 spiro atoms. The second kappa shape index (κ2) is 8.01. The number of hydrogen-bond donors (Lipinski definition) is 3. The van der Waals surface area contributed by atoms with Gasteiger partial charge in [0.05, 0.1) is 6.20 Å². The van der Waals surface area contributed by atoms with E-state index in [2.05, 4.69) is 29.5 Å². The van der Waals surface area contributed by atoms with Gasteiger partial charge in [-0.1, -0.05) is 25.2 Å². The lowest BCUT2D eigenvalue weighted by molar-refractivity contribution is 0.247. The van der Waals surface area contributed by atoms with E-state index >= 15 is 0 Å². The van der Waals surface area contributed by atoms with Crippen LogP contribution in [0.3, 0.4) is 0 Å². The molecule has 0 aliphatic heterocycles. The van der Waals surface area contributed by atoms with Crippen molar-refractivity contribution in [3.05, 3.63) is 29.5 Å². The Morgan fingerprint density at radius 3 is 2.42 bits per heavy atom. The molecule has 24 heavy (non-hydrogen) atoms. The Morgan fingerprint density at radius 2 is 1.92 bits per heavy atom. The molecule has 0 saturated heterocycles. The average Bonchev–Trinajstić information content (AvgIpc) is 2.94. The molecule has 0 saturated carbocycles. The number of aromatic nitrogens is 1. The zero-order chi connectivity index (χ0) is 17.7. The molecule has 0 bridgehead atoms. The molecule has 1 aromatic heterocycles. The summed E-state index contributed by atoms with van der Waals surface area (Å²) in [6, 6.07) is 3.77. The van der Waals surface area contributed by atoms with E-state index in [1.54, 1.807) is 6.20 Å². The molecule has 7 heteroatoms. The molecule has 2 amide bonds. The topological polar surface area (TPSA) is 89.3 Å². The summed E-state index contributed by atoms with van der Waals surface area (Å²) >= 11 is 1.29. The van der Waals surface area contributed by atoms with Crippen LogP contribution in [-0.4, -0.2) is 17.1 Å². The summed E-state index contributed by atoms with van der Waals surface area (Å²) in [5, 5.41) is 6.96. The first-order chi connectivity index (χ1) is 11.4. The van der Waals surface area contributed by atoms with Crippen molar-refractivity contribution in [1.82, 2.24) is 10.3 Å². The number of nitrogens with one attached hydrogen (secondary N) is 2. The summed E-state index contributed by atoms with van der Waals surface area (Å²) in [6.07, 6.45) is 3.42. The van der Waals surface area contributed by atoms with Crippen molar-refractivity contribution in [3.63, 3.8) is 0 Å². The van der Waals surface area contributed by atoms with Crippen LogP contribution in [0.15, 0.2) is 18.3 Å². The average molecular weight is 348 g/mol. The summed E-state index contributed by atoms with van der Waals surface area (Å²) in [6.45, 7) is 8.00. The number of aryl methyl sites for hydroxylation is 2. The van der Waals surface area contributed by atoms with Gasteiger partial charge in [-0.05, 0) is 49.9 Å². The fraction of sp³-hybridized carbons (Fsp3) is 0.412. The van der Waals surface area contributed by atoms with Crippen LogP contribution in [0.25, 0.3) is 0 Å². The number of hydrogen-bond acceptors (Lipinski definition) is 5. The standard InChI is InChI=1S/C17H24N4O2S/c1-5-12(6-2)20-17(22)21-13-7-10(3)15(11(4)8-13)23-14-9-19-16(18)24-14/h7-9,12H,5-6H2,1-4H3,(H2,18,19)(H2,20,21,22). The van der Waals surface area contributed by atoms with Gasteiger partial charge in [-0.2, -0.15) is 0 Å². The number of ether oxygens (including phenoxy) is 1. The zero-order valence-electron chi connectivity index (χ0n) is 14.5. The molecule has 2 aromatic rings. The Morgan fingerprint density at radius 1 is 1.29 bits per heavy atom. The van der Waals surface area contributed by atoms with E-state index in [9.17, 15) is 4.79 Å². The summed E-state index contributed by atoms with van der Waals surface area (Å²) in [5.41, 5.74) is 8.22. The van der Waals surface area contributed by atoms with Crippen LogP contribution in [0.5, 0.6) is 10.8 Å². The Hall–Kier alpha value is -2.28. The van der Waals surface area contributed by atoms with Crippen molar-refractivity contribution in [1.29, 1.82) is 0 Å². The molecule has 6 nitrogen and oxygen atoms in total. The van der Waals surface area contributed by atoms with Crippen molar-refractivity contribution in [3.8, 4) is 10.8 Å². The molecular formula is C17H24N4O2S. The Kier molecular flexibility index (Phi) is 6.03. The maximum absolute atomic E-state index is 12.1. The molecular weight excluding hydrogens is 324 g/mol. The van der Waals surface area contributed by atoms with E-state index in [4.69, 9.17) is 10.5 Å². The lowest BCUT2D eigenvalue weighted by Gasteiger charge is -2.17. The number of carbonyl (C=O) groups excluding carboxylic acids is 1. The number of thiazole rings is 1. The fourth-order valence-corrected chi connectivity index (χ4v) is 2.99. The minimum atomic E-state index is -0.189. The van der Waals surface area contributed by atoms with Gasteiger partial charge in [0, 0.05) is 11.7 Å². The second-order valence-electron chi connectivity index (χ2n) is 5.67. The van der Waals surface area contributed by atoms with Gasteiger partial charge in [0.25, 0.3) is 0 Å². The Labute approximate surface area is 146 Å². The number of nitrogens with zero attached hydrogens (tertiary/aromatic N) is 1. The minimum Gasteiger partial charge on any atom is -0.444 e. The van der Waals surface area contributed by atoms with Gasteiger partial charge in [0.2, 0.25) is 5.06 Å². The van der Waals surface area contributed by atoms with Crippen LogP contribution in [0.2, 0.25) is 0 Å². The van der Waals surface area contributed by atoms with Crippen LogP contribution in [0.1, 0.15) is 37.8 Å². The lowest BCUT2D eigenvalue weighted by Crippen LogP contribution is -2.37. The smallest absolute Gasteiger partial charge is 0.319 e. The minimum absolute atomic E-state index is 0.187. The van der Waals surface area contributed by atoms with Gasteiger partial charge < -0.3 is 21.1 Å². The molecule has 4 N–H and O–H groups in total. The van der Waals surface area contributed by atoms with Crippen LogP contribution in [0.4, 0.5) is 15.6 Å². The summed E-state index contributed by atoms with van der Waals surface area (Å²) < 4.78 is 5.87. The summed E-state index contributed by atoms with van der Waals surface area (Å²) in [7, 11) is 0. The highest BCUT2D eigenvalue weighted by Crippen LogP contribution is 2.34. The van der Waals surface area contributed by atoms with Crippen molar-refractivity contribution < 1.29 is 9.53 Å². The van der Waals surface area contributed by atoms with Crippen LogP contribution < -0.4 is 21.1 Å². The zero-order valence-corrected chi connectivity index (χ0v) is 15.3. The van der Waals surface area contributed by atoms with Crippen molar-refractivity contribution in [2.24, 2.45) is 0 Å². The quantitative estimate of drug-likeness (QED) is 0.720. The molecule has 0 aliphatic rings.